The molecule has 0 unspecified atom stereocenters. The Balaban J connectivity index is 1.98. The smallest absolute Gasteiger partial charge is 0.327 e. The van der Waals surface area contributed by atoms with E-state index in [2.05, 4.69) is 32.6 Å². The summed E-state index contributed by atoms with van der Waals surface area (Å²) in [7, 11) is 0. The molecule has 2 aliphatic heterocycles. The van der Waals surface area contributed by atoms with E-state index in [9.17, 15) is 9.90 Å². The summed E-state index contributed by atoms with van der Waals surface area (Å²) in [5.74, 6) is -0.887. The monoisotopic (exact) mass is 458 g/mol. The third-order valence-electron chi connectivity index (χ3n) is 6.75. The largest absolute Gasteiger partial charge is 0.478 e. The lowest BCUT2D eigenvalue weighted by Crippen LogP contribution is -2.51. The molecule has 0 amide bonds. The first kappa shape index (κ1) is 27.3. The van der Waals surface area contributed by atoms with E-state index in [1.807, 2.05) is 26.0 Å². The Morgan fingerprint density at radius 3 is 2.39 bits per heavy atom. The lowest BCUT2D eigenvalue weighted by molar-refractivity contribution is -0.323. The summed E-state index contributed by atoms with van der Waals surface area (Å²) in [6.07, 6.45) is 16.6. The normalized spacial score (nSPS) is 33.2. The van der Waals surface area contributed by atoms with Gasteiger partial charge in [-0.2, -0.15) is 0 Å². The Bertz CT molecular complexity index is 788. The van der Waals surface area contributed by atoms with Crippen molar-refractivity contribution in [1.29, 1.82) is 0 Å². The summed E-state index contributed by atoms with van der Waals surface area (Å²) in [6.45, 7) is 14.2. The molecule has 2 rings (SSSR count). The number of ether oxygens (including phenoxy) is 2. The molecule has 0 aliphatic carbocycles. The van der Waals surface area contributed by atoms with E-state index in [0.29, 0.717) is 11.8 Å². The number of allylic oxidation sites excluding steroid dienone is 4. The SMILES string of the molecule is C=C(C)C=C[C@@H]1O[C@]2(CC[C@@H]1C)CC[C@H](C)[C@@H](CC=C(C)C=C[C@H](O)[C@@H](C)C=CC(=O)O)O2. The molecule has 0 aromatic heterocycles. The molecule has 5 nitrogen and oxygen atoms in total. The number of aliphatic carboxylic acids is 1. The molecule has 5 heteroatoms. The van der Waals surface area contributed by atoms with E-state index in [1.165, 1.54) is 6.08 Å². The summed E-state index contributed by atoms with van der Waals surface area (Å²) in [4.78, 5) is 10.6. The predicted octanol–water partition coefficient (Wildman–Crippen LogP) is 5.98. The number of hydrogen-bond donors (Lipinski definition) is 2. The first-order valence-electron chi connectivity index (χ1n) is 12.1. The van der Waals surface area contributed by atoms with Gasteiger partial charge in [0.05, 0.1) is 18.3 Å². The quantitative estimate of drug-likeness (QED) is 0.329. The van der Waals surface area contributed by atoms with Crippen LogP contribution in [0.15, 0.2) is 60.3 Å². The Labute approximate surface area is 199 Å². The van der Waals surface area contributed by atoms with Gasteiger partial charge in [-0.15, -0.1) is 0 Å². The van der Waals surface area contributed by atoms with E-state index >= 15 is 0 Å². The molecule has 0 radical (unpaired) electrons. The highest BCUT2D eigenvalue weighted by molar-refractivity contribution is 5.79. The molecular formula is C28H42O5. The molecule has 2 N–H and O–H groups in total. The van der Waals surface area contributed by atoms with Gasteiger partial charge in [0.1, 0.15) is 0 Å². The van der Waals surface area contributed by atoms with Crippen molar-refractivity contribution in [2.75, 3.05) is 0 Å². The van der Waals surface area contributed by atoms with Crippen LogP contribution in [0.4, 0.5) is 0 Å². The van der Waals surface area contributed by atoms with Gasteiger partial charge in [0.25, 0.3) is 0 Å². The standard InChI is InChI=1S/C28H42O5/c1-19(2)7-12-25-22(5)15-17-28(32-25)18-16-23(6)26(33-28)13-9-20(3)8-11-24(29)21(4)10-14-27(30)31/h7-12,14,21-26,29H,1,13,15-18H2,2-6H3,(H,30,31)/t21-,22-,23-,24-,25-,26+,28-/m0/s1. The minimum absolute atomic E-state index is 0.0448. The summed E-state index contributed by atoms with van der Waals surface area (Å²) in [5, 5.41) is 18.9. The van der Waals surface area contributed by atoms with Gasteiger partial charge in [0.15, 0.2) is 5.79 Å². The van der Waals surface area contributed by atoms with Crippen LogP contribution in [0.3, 0.4) is 0 Å². The topological polar surface area (TPSA) is 76.0 Å². The van der Waals surface area contributed by atoms with Gasteiger partial charge in [0, 0.05) is 24.8 Å². The predicted molar refractivity (Wildman–Crippen MR) is 133 cm³/mol. The lowest BCUT2D eigenvalue weighted by Gasteiger charge is -2.49. The van der Waals surface area contributed by atoms with Crippen molar-refractivity contribution in [2.24, 2.45) is 17.8 Å². The van der Waals surface area contributed by atoms with E-state index in [0.717, 1.165) is 49.3 Å². The molecule has 33 heavy (non-hydrogen) atoms. The zero-order valence-electron chi connectivity index (χ0n) is 20.9. The Hall–Kier alpha value is -1.95. The first-order chi connectivity index (χ1) is 15.5. The second-order valence-electron chi connectivity index (χ2n) is 9.98. The van der Waals surface area contributed by atoms with Gasteiger partial charge in [-0.25, -0.2) is 4.79 Å². The van der Waals surface area contributed by atoms with Crippen LogP contribution in [0.2, 0.25) is 0 Å². The second-order valence-corrected chi connectivity index (χ2v) is 9.98. The van der Waals surface area contributed by atoms with Crippen molar-refractivity contribution in [2.45, 2.75) is 90.8 Å². The number of carboxylic acids is 1. The van der Waals surface area contributed by atoms with Gasteiger partial charge >= 0.3 is 5.97 Å². The zero-order chi connectivity index (χ0) is 24.6. The minimum atomic E-state index is -1.01. The second kappa shape index (κ2) is 12.5. The number of rotatable bonds is 9. The maximum Gasteiger partial charge on any atom is 0.327 e. The van der Waals surface area contributed by atoms with Crippen LogP contribution in [0.1, 0.15) is 66.7 Å². The van der Waals surface area contributed by atoms with Crippen molar-refractivity contribution in [3.8, 4) is 0 Å². The van der Waals surface area contributed by atoms with Crippen molar-refractivity contribution < 1.29 is 24.5 Å². The Morgan fingerprint density at radius 1 is 1.09 bits per heavy atom. The van der Waals surface area contributed by atoms with Gasteiger partial charge in [-0.1, -0.05) is 75.0 Å². The first-order valence-corrected chi connectivity index (χ1v) is 12.1. The summed E-state index contributed by atoms with van der Waals surface area (Å²) < 4.78 is 13.2. The van der Waals surface area contributed by atoms with Crippen LogP contribution in [-0.4, -0.2) is 40.3 Å². The molecule has 184 valence electrons. The fourth-order valence-corrected chi connectivity index (χ4v) is 4.30. The van der Waals surface area contributed by atoms with Crippen molar-refractivity contribution in [1.82, 2.24) is 0 Å². The molecule has 0 saturated carbocycles. The minimum Gasteiger partial charge on any atom is -0.478 e. The van der Waals surface area contributed by atoms with E-state index in [1.54, 1.807) is 13.0 Å². The number of carboxylic acid groups (broad SMARTS) is 1. The van der Waals surface area contributed by atoms with E-state index < -0.39 is 17.9 Å². The summed E-state index contributed by atoms with van der Waals surface area (Å²) in [6, 6.07) is 0. The Kier molecular flexibility index (Phi) is 10.3. The molecule has 2 fully saturated rings. The molecular weight excluding hydrogens is 416 g/mol. The van der Waals surface area contributed by atoms with Crippen molar-refractivity contribution >= 4 is 5.97 Å². The molecule has 0 aromatic rings. The lowest BCUT2D eigenvalue weighted by atomic mass is 9.83. The van der Waals surface area contributed by atoms with E-state index in [-0.39, 0.29) is 18.1 Å². The van der Waals surface area contributed by atoms with Gasteiger partial charge in [-0.05, 0) is 44.9 Å². The average Bonchev–Trinajstić information content (AvgIpc) is 2.77. The van der Waals surface area contributed by atoms with Crippen molar-refractivity contribution in [3.63, 3.8) is 0 Å². The number of aliphatic hydroxyl groups is 1. The summed E-state index contributed by atoms with van der Waals surface area (Å²) >= 11 is 0. The van der Waals surface area contributed by atoms with Crippen LogP contribution in [0, 0.1) is 17.8 Å². The number of aliphatic hydroxyl groups excluding tert-OH is 1. The molecule has 2 heterocycles. The zero-order valence-corrected chi connectivity index (χ0v) is 20.9. The molecule has 0 aromatic carbocycles. The van der Waals surface area contributed by atoms with Crippen LogP contribution in [0.25, 0.3) is 0 Å². The number of hydrogen-bond acceptors (Lipinski definition) is 4. The van der Waals surface area contributed by atoms with Gasteiger partial charge in [-0.3, -0.25) is 0 Å². The van der Waals surface area contributed by atoms with Gasteiger partial charge in [0.2, 0.25) is 0 Å². The van der Waals surface area contributed by atoms with Crippen LogP contribution in [-0.2, 0) is 14.3 Å². The summed E-state index contributed by atoms with van der Waals surface area (Å²) in [5.41, 5.74) is 2.06. The fraction of sp³-hybridized carbons (Fsp3) is 0.607. The highest BCUT2D eigenvalue weighted by Gasteiger charge is 2.45. The Morgan fingerprint density at radius 2 is 1.76 bits per heavy atom. The highest BCUT2D eigenvalue weighted by Crippen LogP contribution is 2.43. The van der Waals surface area contributed by atoms with E-state index in [4.69, 9.17) is 14.6 Å². The highest BCUT2D eigenvalue weighted by atomic mass is 16.7. The van der Waals surface area contributed by atoms with Gasteiger partial charge < -0.3 is 19.7 Å². The third kappa shape index (κ3) is 8.73. The molecule has 7 atom stereocenters. The maximum atomic E-state index is 10.6. The fourth-order valence-electron chi connectivity index (χ4n) is 4.30. The number of carbonyl (C=O) groups is 1. The molecule has 0 bridgehead atoms. The molecule has 2 aliphatic rings. The maximum absolute atomic E-state index is 10.6. The third-order valence-corrected chi connectivity index (χ3v) is 6.75. The average molecular weight is 459 g/mol. The van der Waals surface area contributed by atoms with Crippen LogP contribution < -0.4 is 0 Å². The molecule has 1 spiro atoms. The van der Waals surface area contributed by atoms with Crippen molar-refractivity contribution in [3.05, 3.63) is 60.3 Å². The molecule has 2 saturated heterocycles. The van der Waals surface area contributed by atoms with Crippen LogP contribution >= 0.6 is 0 Å². The van der Waals surface area contributed by atoms with Crippen LogP contribution in [0.5, 0.6) is 0 Å².